The maximum absolute atomic E-state index is 15.0. The predicted octanol–water partition coefficient (Wildman–Crippen LogP) is 4.85. The molecule has 0 N–H and O–H groups in total. The fourth-order valence-electron chi connectivity index (χ4n) is 3.85. The first kappa shape index (κ1) is 19.2. The van der Waals surface area contributed by atoms with Gasteiger partial charge < -0.3 is 13.7 Å². The van der Waals surface area contributed by atoms with E-state index in [2.05, 4.69) is 34.0 Å². The van der Waals surface area contributed by atoms with E-state index in [1.54, 1.807) is 31.8 Å². The first-order chi connectivity index (χ1) is 15.0. The molecule has 8 heteroatoms. The van der Waals surface area contributed by atoms with Gasteiger partial charge in [-0.15, -0.1) is 5.10 Å². The highest BCUT2D eigenvalue weighted by Crippen LogP contribution is 2.36. The van der Waals surface area contributed by atoms with Gasteiger partial charge in [0.1, 0.15) is 22.7 Å². The number of fused-ring (bicyclic) bond motifs is 2. The number of aromatic nitrogens is 6. The number of ether oxygens (including phenoxy) is 1. The molecule has 0 aliphatic rings. The number of hydrogen-bond donors (Lipinski definition) is 0. The minimum absolute atomic E-state index is 0.202. The summed E-state index contributed by atoms with van der Waals surface area (Å²) >= 11 is 0. The second-order valence-corrected chi connectivity index (χ2v) is 7.77. The average Bonchev–Trinajstić information content (AvgIpc) is 3.35. The lowest BCUT2D eigenvalue weighted by Crippen LogP contribution is -2.00. The zero-order valence-electron chi connectivity index (χ0n) is 17.7. The lowest BCUT2D eigenvalue weighted by atomic mass is 9.99. The molecule has 0 aliphatic carbocycles. The summed E-state index contributed by atoms with van der Waals surface area (Å²) in [5.41, 5.74) is 5.71. The Hall–Kier alpha value is -3.81. The Morgan fingerprint density at radius 1 is 1.06 bits per heavy atom. The first-order valence-corrected chi connectivity index (χ1v) is 9.98. The van der Waals surface area contributed by atoms with Crippen molar-refractivity contribution in [2.75, 3.05) is 7.11 Å². The largest absolute Gasteiger partial charge is 0.496 e. The Morgan fingerprint density at radius 3 is 2.68 bits per heavy atom. The van der Waals surface area contributed by atoms with Crippen LogP contribution < -0.4 is 4.74 Å². The van der Waals surface area contributed by atoms with Crippen molar-refractivity contribution in [3.63, 3.8) is 0 Å². The quantitative estimate of drug-likeness (QED) is 0.419. The third kappa shape index (κ3) is 3.11. The molecule has 5 rings (SSSR count). The van der Waals surface area contributed by atoms with Crippen molar-refractivity contribution in [3.05, 3.63) is 60.7 Å². The second kappa shape index (κ2) is 7.16. The minimum atomic E-state index is -0.343. The molecule has 0 aliphatic heterocycles. The van der Waals surface area contributed by atoms with Crippen LogP contribution in [0.1, 0.15) is 25.6 Å². The highest BCUT2D eigenvalue weighted by Gasteiger charge is 2.17. The highest BCUT2D eigenvalue weighted by atomic mass is 19.1. The Kier molecular flexibility index (Phi) is 4.43. The highest BCUT2D eigenvalue weighted by molar-refractivity contribution is 5.90. The molecule has 0 unspecified atom stereocenters. The molecule has 0 amide bonds. The summed E-state index contributed by atoms with van der Waals surface area (Å²) in [6.45, 7) is 6.04. The summed E-state index contributed by atoms with van der Waals surface area (Å²) in [6.07, 6.45) is 7.16. The van der Waals surface area contributed by atoms with E-state index in [0.717, 1.165) is 28.0 Å². The van der Waals surface area contributed by atoms with Crippen molar-refractivity contribution < 1.29 is 9.13 Å². The van der Waals surface area contributed by atoms with E-state index in [1.807, 2.05) is 34.4 Å². The van der Waals surface area contributed by atoms with Gasteiger partial charge in [-0.2, -0.15) is 5.10 Å². The van der Waals surface area contributed by atoms with Crippen LogP contribution in [0.4, 0.5) is 4.39 Å². The van der Waals surface area contributed by atoms with E-state index >= 15 is 0 Å². The van der Waals surface area contributed by atoms with Crippen molar-refractivity contribution in [1.29, 1.82) is 0 Å². The molecule has 0 saturated carbocycles. The normalized spacial score (nSPS) is 11.7. The number of methoxy groups -OCH3 is 1. The lowest BCUT2D eigenvalue weighted by Gasteiger charge is -2.12. The topological polar surface area (TPSA) is 70.1 Å². The lowest BCUT2D eigenvalue weighted by molar-refractivity contribution is 0.416. The first-order valence-electron chi connectivity index (χ1n) is 9.98. The number of benzene rings is 1. The molecule has 5 aromatic rings. The fraction of sp³-hybridized carbons (Fsp3) is 0.217. The SMILES string of the molecule is COc1cc2nc(C)cn2cc1-c1cc(-c2cnnc3c2ncn3C(C)C)ccc1F. The Bertz CT molecular complexity index is 1440. The molecule has 4 aromatic heterocycles. The van der Waals surface area contributed by atoms with Gasteiger partial charge in [0.05, 0.1) is 25.3 Å². The van der Waals surface area contributed by atoms with Gasteiger partial charge >= 0.3 is 0 Å². The zero-order chi connectivity index (χ0) is 21.7. The molecule has 1 aromatic carbocycles. The summed E-state index contributed by atoms with van der Waals surface area (Å²) in [7, 11) is 1.57. The molecular formula is C23H21FN6O. The maximum atomic E-state index is 15.0. The van der Waals surface area contributed by atoms with Crippen LogP contribution in [0.5, 0.6) is 5.75 Å². The van der Waals surface area contributed by atoms with Gasteiger partial charge in [0.2, 0.25) is 0 Å². The minimum Gasteiger partial charge on any atom is -0.496 e. The maximum Gasteiger partial charge on any atom is 0.183 e. The summed E-state index contributed by atoms with van der Waals surface area (Å²) < 4.78 is 24.4. The van der Waals surface area contributed by atoms with Gasteiger partial charge in [0.15, 0.2) is 5.65 Å². The van der Waals surface area contributed by atoms with Gasteiger partial charge in [-0.3, -0.25) is 0 Å². The van der Waals surface area contributed by atoms with E-state index < -0.39 is 0 Å². The van der Waals surface area contributed by atoms with Gasteiger partial charge in [-0.05, 0) is 38.5 Å². The number of rotatable bonds is 4. The van der Waals surface area contributed by atoms with Crippen molar-refractivity contribution in [2.24, 2.45) is 0 Å². The fourth-order valence-corrected chi connectivity index (χ4v) is 3.85. The van der Waals surface area contributed by atoms with E-state index in [0.29, 0.717) is 22.5 Å². The molecule has 156 valence electrons. The van der Waals surface area contributed by atoms with Crippen LogP contribution in [-0.4, -0.2) is 36.2 Å². The molecule has 0 bridgehead atoms. The summed E-state index contributed by atoms with van der Waals surface area (Å²) in [5.74, 6) is 0.209. The van der Waals surface area contributed by atoms with E-state index in [-0.39, 0.29) is 11.9 Å². The second-order valence-electron chi connectivity index (χ2n) is 7.77. The van der Waals surface area contributed by atoms with Crippen LogP contribution in [0.25, 0.3) is 39.1 Å². The smallest absolute Gasteiger partial charge is 0.183 e. The van der Waals surface area contributed by atoms with Crippen LogP contribution >= 0.6 is 0 Å². The summed E-state index contributed by atoms with van der Waals surface area (Å²) in [4.78, 5) is 9.01. The van der Waals surface area contributed by atoms with Crippen LogP contribution in [0.15, 0.2) is 49.2 Å². The number of nitrogens with zero attached hydrogens (tertiary/aromatic N) is 6. The Labute approximate surface area is 178 Å². The van der Waals surface area contributed by atoms with Gasteiger partial charge in [0.25, 0.3) is 0 Å². The molecule has 0 fully saturated rings. The third-order valence-corrected chi connectivity index (χ3v) is 5.38. The molecule has 0 radical (unpaired) electrons. The number of aryl methyl sites for hydroxylation is 1. The molecule has 0 saturated heterocycles. The Balaban J connectivity index is 1.71. The average molecular weight is 416 g/mol. The molecule has 0 spiro atoms. The number of halogens is 1. The summed E-state index contributed by atoms with van der Waals surface area (Å²) in [5, 5.41) is 8.42. The molecular weight excluding hydrogens is 395 g/mol. The standard InChI is InChI=1S/C23H21FN6O/c1-13(2)30-12-25-22-17(9-26-28-23(22)30)15-5-6-19(24)16(7-15)18-11-29-10-14(3)27-21(29)8-20(18)31-4/h5-13H,1-4H3. The van der Waals surface area contributed by atoms with Crippen molar-refractivity contribution in [3.8, 4) is 28.0 Å². The predicted molar refractivity (Wildman–Crippen MR) is 117 cm³/mol. The van der Waals surface area contributed by atoms with E-state index in [4.69, 9.17) is 4.74 Å². The number of hydrogen-bond acceptors (Lipinski definition) is 5. The molecule has 31 heavy (non-hydrogen) atoms. The van der Waals surface area contributed by atoms with Crippen LogP contribution in [0.2, 0.25) is 0 Å². The molecule has 4 heterocycles. The number of pyridine rings is 1. The third-order valence-electron chi connectivity index (χ3n) is 5.38. The van der Waals surface area contributed by atoms with Crippen molar-refractivity contribution >= 4 is 16.8 Å². The van der Waals surface area contributed by atoms with Crippen LogP contribution in [-0.2, 0) is 0 Å². The Morgan fingerprint density at radius 2 is 1.90 bits per heavy atom. The van der Waals surface area contributed by atoms with E-state index in [9.17, 15) is 4.39 Å². The molecule has 7 nitrogen and oxygen atoms in total. The van der Waals surface area contributed by atoms with Gasteiger partial charge in [-0.25, -0.2) is 14.4 Å². The number of imidazole rings is 2. The van der Waals surface area contributed by atoms with Crippen molar-refractivity contribution in [1.82, 2.24) is 29.1 Å². The van der Waals surface area contributed by atoms with Crippen LogP contribution in [0, 0.1) is 12.7 Å². The van der Waals surface area contributed by atoms with E-state index in [1.165, 1.54) is 6.07 Å². The van der Waals surface area contributed by atoms with Gasteiger partial charge in [-0.1, -0.05) is 6.07 Å². The summed E-state index contributed by atoms with van der Waals surface area (Å²) in [6, 6.07) is 7.00. The zero-order valence-corrected chi connectivity index (χ0v) is 17.7. The van der Waals surface area contributed by atoms with Crippen molar-refractivity contribution in [2.45, 2.75) is 26.8 Å². The van der Waals surface area contributed by atoms with Crippen LogP contribution in [0.3, 0.4) is 0 Å². The van der Waals surface area contributed by atoms with Gasteiger partial charge in [0, 0.05) is 41.2 Å². The molecule has 0 atom stereocenters. The monoisotopic (exact) mass is 416 g/mol.